The van der Waals surface area contributed by atoms with Gasteiger partial charge in [0, 0.05) is 12.0 Å². The van der Waals surface area contributed by atoms with Crippen molar-refractivity contribution in [3.8, 4) is 0 Å². The lowest BCUT2D eigenvalue weighted by molar-refractivity contribution is -0.126. The third-order valence-electron chi connectivity index (χ3n) is 10.3. The molecule has 2 nitrogen and oxygen atoms in total. The average molecular weight is 580 g/mol. The number of allylic oxidation sites excluding steroid dienone is 3. The highest BCUT2D eigenvalue weighted by Gasteiger charge is 2.30. The smallest absolute Gasteiger partial charge is 0.223 e. The number of carbonyl (C=O) groups excluding carboxylic acids is 1. The third kappa shape index (κ3) is 9.07. The first-order chi connectivity index (χ1) is 20.8. The Labute approximate surface area is 262 Å². The van der Waals surface area contributed by atoms with E-state index in [4.69, 9.17) is 0 Å². The predicted octanol–water partition coefficient (Wildman–Crippen LogP) is 9.23. The SMILES string of the molecule is C=C(C)c1ccccc1CC[C@@H]1CCC[C@@H]1NC(=O)C(CCC)CCCCC(C)/C1=C/C=c2/cccc(C)c2=C(C)CC1. The fraction of sp³-hybridized carbons (Fsp3) is 0.537. The molecule has 43 heavy (non-hydrogen) atoms. The summed E-state index contributed by atoms with van der Waals surface area (Å²) in [5, 5.41) is 6.35. The van der Waals surface area contributed by atoms with Crippen molar-refractivity contribution in [2.45, 2.75) is 124 Å². The number of aryl methyl sites for hydroxylation is 2. The number of nitrogens with one attached hydrogen (secondary N) is 1. The minimum absolute atomic E-state index is 0.150. The summed E-state index contributed by atoms with van der Waals surface area (Å²) in [5.41, 5.74) is 8.29. The molecule has 1 saturated carbocycles. The number of benzene rings is 2. The van der Waals surface area contributed by atoms with Crippen molar-refractivity contribution in [3.05, 3.63) is 87.8 Å². The standard InChI is InChI=1S/C41H57NO/c1-7-14-37(41(43)42-39-22-13-19-35(39)27-26-34-17-10-11-21-38(34)29(2)3)18-9-8-15-30(4)33-24-23-32(6)40-31(5)16-12-20-36(40)28-25-33/h10-12,16-17,20-21,25,28,30,35,37,39H,2,7-9,13-15,18-19,22-24,26-27H2,1,3-6H3,(H,42,43)/b33-25+,36-28-,40-32?/t30?,35-,37?,39-/m0/s1. The second-order valence-electron chi connectivity index (χ2n) is 13.7. The van der Waals surface area contributed by atoms with Crippen molar-refractivity contribution >= 4 is 23.1 Å². The fourth-order valence-corrected chi connectivity index (χ4v) is 7.71. The lowest BCUT2D eigenvalue weighted by atomic mass is 9.87. The van der Waals surface area contributed by atoms with E-state index in [9.17, 15) is 4.79 Å². The molecule has 232 valence electrons. The molecule has 0 spiro atoms. The number of hydrogen-bond acceptors (Lipinski definition) is 1. The van der Waals surface area contributed by atoms with Crippen molar-refractivity contribution in [1.29, 1.82) is 0 Å². The van der Waals surface area contributed by atoms with Crippen LogP contribution >= 0.6 is 0 Å². The molecule has 2 aliphatic rings. The average Bonchev–Trinajstić information content (AvgIpc) is 3.43. The van der Waals surface area contributed by atoms with Crippen LogP contribution in [0.25, 0.3) is 17.2 Å². The zero-order chi connectivity index (χ0) is 30.8. The number of fused-ring (bicyclic) bond motifs is 1. The van der Waals surface area contributed by atoms with Gasteiger partial charge in [0.1, 0.15) is 0 Å². The first-order valence-electron chi connectivity index (χ1n) is 17.3. The summed E-state index contributed by atoms with van der Waals surface area (Å²) in [7, 11) is 0. The van der Waals surface area contributed by atoms with Crippen molar-refractivity contribution in [2.24, 2.45) is 17.8 Å². The number of rotatable bonds is 14. The molecule has 0 heterocycles. The molecule has 2 heteroatoms. The zero-order valence-electron chi connectivity index (χ0n) is 27.8. The molecule has 0 saturated heterocycles. The predicted molar refractivity (Wildman–Crippen MR) is 186 cm³/mol. The van der Waals surface area contributed by atoms with E-state index >= 15 is 0 Å². The summed E-state index contributed by atoms with van der Waals surface area (Å²) in [6, 6.07) is 15.7. The molecule has 0 aromatic heterocycles. The number of amides is 1. The van der Waals surface area contributed by atoms with Gasteiger partial charge in [0.15, 0.2) is 0 Å². The molecule has 2 aliphatic carbocycles. The normalized spacial score (nSPS) is 21.8. The fourth-order valence-electron chi connectivity index (χ4n) is 7.71. The quantitative estimate of drug-likeness (QED) is 0.222. The third-order valence-corrected chi connectivity index (χ3v) is 10.3. The molecule has 1 fully saturated rings. The monoisotopic (exact) mass is 579 g/mol. The number of unbranched alkanes of at least 4 members (excludes halogenated alkanes) is 1. The van der Waals surface area contributed by atoms with Crippen LogP contribution in [0, 0.1) is 24.7 Å². The van der Waals surface area contributed by atoms with Gasteiger partial charge in [0.25, 0.3) is 0 Å². The maximum Gasteiger partial charge on any atom is 0.223 e. The summed E-state index contributed by atoms with van der Waals surface area (Å²) in [4.78, 5) is 13.5. The van der Waals surface area contributed by atoms with Gasteiger partial charge in [-0.1, -0.05) is 117 Å². The van der Waals surface area contributed by atoms with Gasteiger partial charge in [-0.05, 0) is 118 Å². The Morgan fingerprint density at radius 2 is 1.77 bits per heavy atom. The second-order valence-corrected chi connectivity index (χ2v) is 13.7. The first kappa shape index (κ1) is 33.0. The molecule has 1 N–H and O–H groups in total. The van der Waals surface area contributed by atoms with E-state index in [-0.39, 0.29) is 5.92 Å². The highest BCUT2D eigenvalue weighted by atomic mass is 16.1. The van der Waals surface area contributed by atoms with Gasteiger partial charge in [-0.2, -0.15) is 0 Å². The topological polar surface area (TPSA) is 29.1 Å². The van der Waals surface area contributed by atoms with E-state index in [0.717, 1.165) is 63.4 Å². The van der Waals surface area contributed by atoms with Crippen LogP contribution in [0.1, 0.15) is 121 Å². The highest BCUT2D eigenvalue weighted by molar-refractivity contribution is 5.79. The maximum absolute atomic E-state index is 13.5. The Hall–Kier alpha value is -2.87. The Morgan fingerprint density at radius 1 is 0.977 bits per heavy atom. The first-order valence-corrected chi connectivity index (χ1v) is 17.3. The van der Waals surface area contributed by atoms with Gasteiger partial charge in [-0.25, -0.2) is 0 Å². The van der Waals surface area contributed by atoms with E-state index in [1.807, 2.05) is 0 Å². The zero-order valence-corrected chi connectivity index (χ0v) is 27.8. The van der Waals surface area contributed by atoms with E-state index in [1.54, 1.807) is 5.57 Å². The van der Waals surface area contributed by atoms with Gasteiger partial charge in [-0.15, -0.1) is 0 Å². The molecule has 2 aromatic carbocycles. The van der Waals surface area contributed by atoms with Crippen LogP contribution < -0.4 is 15.8 Å². The Kier molecular flexibility index (Phi) is 12.5. The molecule has 4 rings (SSSR count). The molecule has 4 atom stereocenters. The minimum atomic E-state index is 0.150. The molecule has 2 aromatic rings. The summed E-state index contributed by atoms with van der Waals surface area (Å²) in [5.74, 6) is 1.63. The number of carbonyl (C=O) groups is 1. The summed E-state index contributed by atoms with van der Waals surface area (Å²) in [6.45, 7) is 15.4. The number of hydrogen-bond donors (Lipinski definition) is 1. The maximum atomic E-state index is 13.5. The van der Waals surface area contributed by atoms with E-state index < -0.39 is 0 Å². The van der Waals surface area contributed by atoms with Gasteiger partial charge in [-0.3, -0.25) is 4.79 Å². The van der Waals surface area contributed by atoms with Crippen LogP contribution in [0.3, 0.4) is 0 Å². The van der Waals surface area contributed by atoms with Crippen LogP contribution in [-0.4, -0.2) is 11.9 Å². The summed E-state index contributed by atoms with van der Waals surface area (Å²) < 4.78 is 0. The van der Waals surface area contributed by atoms with Gasteiger partial charge in [0.05, 0.1) is 0 Å². The van der Waals surface area contributed by atoms with E-state index in [1.165, 1.54) is 58.4 Å². The second kappa shape index (κ2) is 16.3. The minimum Gasteiger partial charge on any atom is -0.353 e. The van der Waals surface area contributed by atoms with Crippen molar-refractivity contribution in [2.75, 3.05) is 0 Å². The van der Waals surface area contributed by atoms with Crippen LogP contribution in [-0.2, 0) is 11.2 Å². The molecule has 0 radical (unpaired) electrons. The summed E-state index contributed by atoms with van der Waals surface area (Å²) in [6.07, 6.45) is 19.4. The van der Waals surface area contributed by atoms with Crippen LogP contribution in [0.15, 0.2) is 60.7 Å². The van der Waals surface area contributed by atoms with Crippen molar-refractivity contribution in [1.82, 2.24) is 5.32 Å². The van der Waals surface area contributed by atoms with Crippen molar-refractivity contribution in [3.63, 3.8) is 0 Å². The largest absolute Gasteiger partial charge is 0.353 e. The highest BCUT2D eigenvalue weighted by Crippen LogP contribution is 2.32. The van der Waals surface area contributed by atoms with Crippen LogP contribution in [0.5, 0.6) is 0 Å². The molecular weight excluding hydrogens is 522 g/mol. The Bertz CT molecular complexity index is 1400. The Balaban J connectivity index is 1.26. The van der Waals surface area contributed by atoms with Crippen molar-refractivity contribution < 1.29 is 4.79 Å². The Morgan fingerprint density at radius 3 is 2.56 bits per heavy atom. The van der Waals surface area contributed by atoms with Gasteiger partial charge in [0.2, 0.25) is 5.91 Å². The van der Waals surface area contributed by atoms with E-state index in [0.29, 0.717) is 23.8 Å². The molecular formula is C41H57NO. The van der Waals surface area contributed by atoms with Gasteiger partial charge < -0.3 is 5.32 Å². The lowest BCUT2D eigenvalue weighted by Gasteiger charge is -2.25. The van der Waals surface area contributed by atoms with Gasteiger partial charge >= 0.3 is 0 Å². The van der Waals surface area contributed by atoms with E-state index in [2.05, 4.69) is 101 Å². The van der Waals surface area contributed by atoms with Crippen LogP contribution in [0.2, 0.25) is 0 Å². The summed E-state index contributed by atoms with van der Waals surface area (Å²) >= 11 is 0. The molecule has 1 amide bonds. The molecule has 0 aliphatic heterocycles. The molecule has 0 bridgehead atoms. The molecule has 2 unspecified atom stereocenters. The van der Waals surface area contributed by atoms with Crippen LogP contribution in [0.4, 0.5) is 0 Å². The lowest BCUT2D eigenvalue weighted by Crippen LogP contribution is -2.41.